The summed E-state index contributed by atoms with van der Waals surface area (Å²) in [5.41, 5.74) is 0.938. The molecule has 0 heterocycles. The maximum absolute atomic E-state index is 8.95. The summed E-state index contributed by atoms with van der Waals surface area (Å²) >= 11 is 0. The van der Waals surface area contributed by atoms with E-state index in [1.807, 2.05) is 30.3 Å². The highest BCUT2D eigenvalue weighted by molar-refractivity contribution is 5.36. The Balaban J connectivity index is 0.000000261. The molecule has 0 unspecified atom stereocenters. The van der Waals surface area contributed by atoms with Crippen LogP contribution in [0.25, 0.3) is 0 Å². The quantitative estimate of drug-likeness (QED) is 0.461. The molecule has 0 aliphatic carbocycles. The summed E-state index contributed by atoms with van der Waals surface area (Å²) in [5.74, 6) is 2.53. The van der Waals surface area contributed by atoms with Gasteiger partial charge < -0.3 is 4.74 Å². The molecule has 0 saturated heterocycles. The fraction of sp³-hybridized carbons (Fsp3) is 0.100. The number of ether oxygens (including phenoxy) is 1. The van der Waals surface area contributed by atoms with E-state index in [4.69, 9.17) is 11.2 Å². The standard InChI is InChI=1S/C8H6.C2H4O2/c1-2-8-6-4-3-5-7-8;1-4-2-3/h1,3-7H;2H,1H3. The van der Waals surface area contributed by atoms with Gasteiger partial charge in [0.05, 0.1) is 7.11 Å². The number of hydrogen-bond donors (Lipinski definition) is 0. The molecule has 12 heavy (non-hydrogen) atoms. The van der Waals surface area contributed by atoms with Crippen LogP contribution in [0.4, 0.5) is 0 Å². The number of terminal acetylenes is 1. The van der Waals surface area contributed by atoms with Gasteiger partial charge in [-0.05, 0) is 12.1 Å². The smallest absolute Gasteiger partial charge is 0.292 e. The molecule has 0 aliphatic heterocycles. The first-order chi connectivity index (χ1) is 5.85. The predicted octanol–water partition coefficient (Wildman–Crippen LogP) is 1.46. The van der Waals surface area contributed by atoms with Gasteiger partial charge in [0.15, 0.2) is 0 Å². The first kappa shape index (κ1) is 10.2. The van der Waals surface area contributed by atoms with Crippen molar-refractivity contribution >= 4 is 6.47 Å². The maximum atomic E-state index is 8.95. The third kappa shape index (κ3) is 5.07. The predicted molar refractivity (Wildman–Crippen MR) is 47.5 cm³/mol. The SMILES string of the molecule is C#Cc1ccccc1.COC=O. The van der Waals surface area contributed by atoms with Gasteiger partial charge in [-0.3, -0.25) is 4.79 Å². The Morgan fingerprint density at radius 3 is 2.17 bits per heavy atom. The Bertz CT molecular complexity index is 246. The van der Waals surface area contributed by atoms with Gasteiger partial charge in [-0.15, -0.1) is 6.42 Å². The zero-order chi connectivity index (χ0) is 9.23. The number of methoxy groups -OCH3 is 1. The summed E-state index contributed by atoms with van der Waals surface area (Å²) in [6.07, 6.45) is 5.10. The van der Waals surface area contributed by atoms with Crippen molar-refractivity contribution in [2.45, 2.75) is 0 Å². The number of carbonyl (C=O) groups is 1. The van der Waals surface area contributed by atoms with Crippen molar-refractivity contribution in [3.8, 4) is 12.3 Å². The first-order valence-corrected chi connectivity index (χ1v) is 3.33. The van der Waals surface area contributed by atoms with Crippen molar-refractivity contribution in [3.05, 3.63) is 35.9 Å². The highest BCUT2D eigenvalue weighted by Gasteiger charge is 1.76. The Kier molecular flexibility index (Phi) is 6.29. The zero-order valence-corrected chi connectivity index (χ0v) is 6.86. The molecule has 0 radical (unpaired) electrons. The molecule has 2 heteroatoms. The van der Waals surface area contributed by atoms with Crippen LogP contribution < -0.4 is 0 Å². The maximum Gasteiger partial charge on any atom is 0.292 e. The molecule has 2 nitrogen and oxygen atoms in total. The summed E-state index contributed by atoms with van der Waals surface area (Å²) < 4.78 is 3.86. The molecule has 0 N–H and O–H groups in total. The van der Waals surface area contributed by atoms with E-state index in [1.54, 1.807) is 0 Å². The Morgan fingerprint density at radius 2 is 1.92 bits per heavy atom. The van der Waals surface area contributed by atoms with E-state index in [9.17, 15) is 0 Å². The van der Waals surface area contributed by atoms with Crippen molar-refractivity contribution in [2.24, 2.45) is 0 Å². The highest BCUT2D eigenvalue weighted by atomic mass is 16.5. The molecule has 1 rings (SSSR count). The van der Waals surface area contributed by atoms with Crippen LogP contribution in [0.15, 0.2) is 30.3 Å². The summed E-state index contributed by atoms with van der Waals surface area (Å²) in [6, 6.07) is 9.60. The molecule has 1 aromatic rings. The Hall–Kier alpha value is -1.75. The van der Waals surface area contributed by atoms with E-state index in [1.165, 1.54) is 7.11 Å². The monoisotopic (exact) mass is 162 g/mol. The fourth-order valence-corrected chi connectivity index (χ4v) is 0.534. The third-order valence-corrected chi connectivity index (χ3v) is 1.04. The van der Waals surface area contributed by atoms with E-state index >= 15 is 0 Å². The summed E-state index contributed by atoms with van der Waals surface area (Å²) in [7, 11) is 1.31. The molecule has 0 aliphatic rings. The largest absolute Gasteiger partial charge is 0.471 e. The van der Waals surface area contributed by atoms with Gasteiger partial charge in [-0.2, -0.15) is 0 Å². The van der Waals surface area contributed by atoms with E-state index in [2.05, 4.69) is 10.7 Å². The van der Waals surface area contributed by atoms with E-state index in [-0.39, 0.29) is 0 Å². The van der Waals surface area contributed by atoms with Gasteiger partial charge >= 0.3 is 0 Å². The lowest BCUT2D eigenvalue weighted by Crippen LogP contribution is -1.68. The van der Waals surface area contributed by atoms with Crippen molar-refractivity contribution in [1.29, 1.82) is 0 Å². The number of carbonyl (C=O) groups excluding carboxylic acids is 1. The van der Waals surface area contributed by atoms with Gasteiger partial charge in [-0.25, -0.2) is 0 Å². The van der Waals surface area contributed by atoms with E-state index in [0.717, 1.165) is 5.56 Å². The molecule has 0 fully saturated rings. The molecule has 0 saturated carbocycles. The Morgan fingerprint density at radius 1 is 1.42 bits per heavy atom. The van der Waals surface area contributed by atoms with Crippen LogP contribution in [0.3, 0.4) is 0 Å². The molecule has 1 aromatic carbocycles. The molecule has 0 aromatic heterocycles. The van der Waals surface area contributed by atoms with E-state index in [0.29, 0.717) is 6.47 Å². The normalized spacial score (nSPS) is 7.00. The summed E-state index contributed by atoms with van der Waals surface area (Å²) in [5, 5.41) is 0. The minimum absolute atomic E-state index is 0.375. The molecule has 0 amide bonds. The van der Waals surface area contributed by atoms with Crippen molar-refractivity contribution < 1.29 is 9.53 Å². The van der Waals surface area contributed by atoms with Crippen LogP contribution in [0.2, 0.25) is 0 Å². The van der Waals surface area contributed by atoms with Crippen molar-refractivity contribution in [1.82, 2.24) is 0 Å². The first-order valence-electron chi connectivity index (χ1n) is 3.33. The minimum Gasteiger partial charge on any atom is -0.471 e. The minimum atomic E-state index is 0.375. The second-order valence-corrected chi connectivity index (χ2v) is 1.84. The zero-order valence-electron chi connectivity index (χ0n) is 6.86. The lowest BCUT2D eigenvalue weighted by molar-refractivity contribution is -0.126. The second-order valence-electron chi connectivity index (χ2n) is 1.84. The molecule has 0 atom stereocenters. The second kappa shape index (κ2) is 7.36. The van der Waals surface area contributed by atoms with Crippen LogP contribution in [-0.4, -0.2) is 13.6 Å². The average molecular weight is 162 g/mol. The molecular weight excluding hydrogens is 152 g/mol. The van der Waals surface area contributed by atoms with Crippen molar-refractivity contribution in [3.63, 3.8) is 0 Å². The lowest BCUT2D eigenvalue weighted by atomic mass is 10.2. The van der Waals surface area contributed by atoms with Gasteiger partial charge in [0, 0.05) is 5.56 Å². The molecule has 62 valence electrons. The van der Waals surface area contributed by atoms with Crippen LogP contribution in [-0.2, 0) is 9.53 Å². The topological polar surface area (TPSA) is 26.3 Å². The van der Waals surface area contributed by atoms with E-state index < -0.39 is 0 Å². The van der Waals surface area contributed by atoms with Gasteiger partial charge in [0.2, 0.25) is 0 Å². The molecule has 0 bridgehead atoms. The summed E-state index contributed by atoms with van der Waals surface area (Å²) in [6.45, 7) is 0.375. The lowest BCUT2D eigenvalue weighted by Gasteiger charge is -1.82. The van der Waals surface area contributed by atoms with Gasteiger partial charge in [0.25, 0.3) is 6.47 Å². The van der Waals surface area contributed by atoms with Crippen LogP contribution in [0, 0.1) is 12.3 Å². The van der Waals surface area contributed by atoms with Crippen molar-refractivity contribution in [2.75, 3.05) is 7.11 Å². The number of rotatable bonds is 1. The van der Waals surface area contributed by atoms with Crippen LogP contribution in [0.5, 0.6) is 0 Å². The fourth-order valence-electron chi connectivity index (χ4n) is 0.534. The van der Waals surface area contributed by atoms with Crippen LogP contribution >= 0.6 is 0 Å². The number of hydrogen-bond acceptors (Lipinski definition) is 2. The molecular formula is C10H10O2. The van der Waals surface area contributed by atoms with Crippen LogP contribution in [0.1, 0.15) is 5.56 Å². The summed E-state index contributed by atoms with van der Waals surface area (Å²) in [4.78, 5) is 8.95. The third-order valence-electron chi connectivity index (χ3n) is 1.04. The molecule has 0 spiro atoms. The van der Waals surface area contributed by atoms with Gasteiger partial charge in [-0.1, -0.05) is 24.1 Å². The average Bonchev–Trinajstić information content (AvgIpc) is 2.19. The number of benzene rings is 1. The Labute approximate surface area is 72.2 Å². The van der Waals surface area contributed by atoms with Gasteiger partial charge in [0.1, 0.15) is 0 Å². The highest BCUT2D eigenvalue weighted by Crippen LogP contribution is 1.92.